The maximum Gasteiger partial charge on any atom is 0.254 e. The minimum Gasteiger partial charge on any atom is -0.394 e. The molecule has 0 bridgehead atoms. The van der Waals surface area contributed by atoms with Gasteiger partial charge in [0.05, 0.1) is 30.6 Å². The molecule has 166 valence electrons. The van der Waals surface area contributed by atoms with Crippen LogP contribution in [0.4, 0.5) is 5.95 Å². The fraction of sp³-hybridized carbons (Fsp3) is 0.417. The van der Waals surface area contributed by atoms with Crippen molar-refractivity contribution in [3.8, 4) is 11.3 Å². The summed E-state index contributed by atoms with van der Waals surface area (Å²) in [4.78, 5) is 26.7. The highest BCUT2D eigenvalue weighted by Crippen LogP contribution is 2.37. The Kier molecular flexibility index (Phi) is 5.85. The molecule has 32 heavy (non-hydrogen) atoms. The van der Waals surface area contributed by atoms with Crippen LogP contribution >= 0.6 is 0 Å². The van der Waals surface area contributed by atoms with E-state index in [4.69, 9.17) is 10.1 Å². The lowest BCUT2D eigenvalue weighted by Crippen LogP contribution is -2.31. The monoisotopic (exact) mass is 432 g/mol. The summed E-state index contributed by atoms with van der Waals surface area (Å²) in [5.74, 6) is 0.765. The summed E-state index contributed by atoms with van der Waals surface area (Å²) < 4.78 is 1.76. The minimum absolute atomic E-state index is 0.000683. The number of aromatic nitrogens is 4. The van der Waals surface area contributed by atoms with Crippen molar-refractivity contribution in [2.75, 3.05) is 31.1 Å². The van der Waals surface area contributed by atoms with E-state index in [1.165, 1.54) is 0 Å². The largest absolute Gasteiger partial charge is 0.394 e. The van der Waals surface area contributed by atoms with Crippen molar-refractivity contribution in [3.05, 3.63) is 60.0 Å². The molecule has 2 aromatic heterocycles. The van der Waals surface area contributed by atoms with Gasteiger partial charge in [0.1, 0.15) is 0 Å². The van der Waals surface area contributed by atoms with E-state index in [-0.39, 0.29) is 18.6 Å². The van der Waals surface area contributed by atoms with Gasteiger partial charge < -0.3 is 14.9 Å². The van der Waals surface area contributed by atoms with E-state index in [1.807, 2.05) is 47.5 Å². The Morgan fingerprint density at radius 2 is 1.88 bits per heavy atom. The molecule has 3 aromatic rings. The number of aliphatic hydroxyl groups excluding tert-OH is 1. The lowest BCUT2D eigenvalue weighted by Gasteiger charge is -2.24. The fourth-order valence-corrected chi connectivity index (χ4v) is 4.71. The average molecular weight is 433 g/mol. The molecule has 0 radical (unpaired) electrons. The first-order valence-electron chi connectivity index (χ1n) is 11.4. The number of nitrogens with zero attached hydrogens (tertiary/aromatic N) is 6. The Balaban J connectivity index is 1.51. The zero-order chi connectivity index (χ0) is 21.9. The predicted molar refractivity (Wildman–Crippen MR) is 121 cm³/mol. The van der Waals surface area contributed by atoms with Gasteiger partial charge in [-0.1, -0.05) is 18.2 Å². The number of rotatable bonds is 6. The Morgan fingerprint density at radius 3 is 2.66 bits per heavy atom. The van der Waals surface area contributed by atoms with Crippen LogP contribution in [0.25, 0.3) is 11.3 Å². The van der Waals surface area contributed by atoms with Crippen LogP contribution in [0.3, 0.4) is 0 Å². The Hall–Kier alpha value is -3.26. The van der Waals surface area contributed by atoms with Crippen LogP contribution < -0.4 is 4.90 Å². The van der Waals surface area contributed by atoms with Crippen molar-refractivity contribution in [2.45, 2.75) is 38.3 Å². The molecule has 4 heterocycles. The van der Waals surface area contributed by atoms with Gasteiger partial charge in [0.15, 0.2) is 0 Å². The lowest BCUT2D eigenvalue weighted by molar-refractivity contribution is 0.0732. The Bertz CT molecular complexity index is 1080. The van der Waals surface area contributed by atoms with Crippen LogP contribution in [0, 0.1) is 0 Å². The molecule has 5 rings (SSSR count). The predicted octanol–water partition coefficient (Wildman–Crippen LogP) is 2.91. The van der Waals surface area contributed by atoms with E-state index in [9.17, 15) is 9.90 Å². The highest BCUT2D eigenvalue weighted by atomic mass is 16.3. The molecule has 0 spiro atoms. The highest BCUT2D eigenvalue weighted by molar-refractivity contribution is 5.94. The van der Waals surface area contributed by atoms with E-state index >= 15 is 0 Å². The number of aliphatic hydroxyl groups is 1. The van der Waals surface area contributed by atoms with Gasteiger partial charge in [0.2, 0.25) is 5.95 Å². The second-order valence-corrected chi connectivity index (χ2v) is 8.37. The van der Waals surface area contributed by atoms with Crippen LogP contribution in [0.1, 0.15) is 47.8 Å². The fourth-order valence-electron chi connectivity index (χ4n) is 4.71. The van der Waals surface area contributed by atoms with Crippen molar-refractivity contribution in [2.24, 2.45) is 0 Å². The SMILES string of the molecule is O=C(c1ccccc1)N1CCCC1c1nn(CCO)cc1-c1ccnc(N2CCCC2)n1. The zero-order valence-electron chi connectivity index (χ0n) is 18.1. The van der Waals surface area contributed by atoms with Gasteiger partial charge in [-0.25, -0.2) is 9.97 Å². The van der Waals surface area contributed by atoms with E-state index < -0.39 is 0 Å². The number of carbonyl (C=O) groups is 1. The standard InChI is InChI=1S/C24H28N6O2/c31-16-15-29-17-19(20-10-11-25-24(26-20)28-12-4-5-13-28)22(27-29)21-9-6-14-30(21)23(32)18-7-2-1-3-8-18/h1-3,7-8,10-11,17,21,31H,4-6,9,12-16H2. The summed E-state index contributed by atoms with van der Waals surface area (Å²) in [6.45, 7) is 3.05. The number of anilines is 1. The number of hydrogen-bond donors (Lipinski definition) is 1. The van der Waals surface area contributed by atoms with Crippen molar-refractivity contribution >= 4 is 11.9 Å². The summed E-state index contributed by atoms with van der Waals surface area (Å²) in [5, 5.41) is 14.3. The Labute approximate surface area is 187 Å². The molecule has 1 aromatic carbocycles. The first-order valence-corrected chi connectivity index (χ1v) is 11.4. The minimum atomic E-state index is -0.122. The van der Waals surface area contributed by atoms with Crippen molar-refractivity contribution in [1.82, 2.24) is 24.6 Å². The first-order chi connectivity index (χ1) is 15.7. The third-order valence-electron chi connectivity index (χ3n) is 6.28. The van der Waals surface area contributed by atoms with Crippen LogP contribution in [0.5, 0.6) is 0 Å². The maximum absolute atomic E-state index is 13.3. The number of carbonyl (C=O) groups excluding carboxylic acids is 1. The van der Waals surface area contributed by atoms with E-state index in [0.29, 0.717) is 18.7 Å². The van der Waals surface area contributed by atoms with Gasteiger partial charge in [-0.2, -0.15) is 5.10 Å². The van der Waals surface area contributed by atoms with Crippen molar-refractivity contribution in [1.29, 1.82) is 0 Å². The summed E-state index contributed by atoms with van der Waals surface area (Å²) in [5.41, 5.74) is 3.24. The molecule has 1 amide bonds. The summed E-state index contributed by atoms with van der Waals surface area (Å²) in [6, 6.07) is 11.2. The van der Waals surface area contributed by atoms with Gasteiger partial charge in [-0.15, -0.1) is 0 Å². The molecule has 2 aliphatic rings. The average Bonchev–Trinajstić information content (AvgIpc) is 3.60. The first kappa shape index (κ1) is 20.6. The van der Waals surface area contributed by atoms with E-state index in [1.54, 1.807) is 10.9 Å². The van der Waals surface area contributed by atoms with Crippen LogP contribution in [-0.4, -0.2) is 61.9 Å². The molecule has 2 fully saturated rings. The molecule has 1 unspecified atom stereocenters. The van der Waals surface area contributed by atoms with Crippen molar-refractivity contribution in [3.63, 3.8) is 0 Å². The Morgan fingerprint density at radius 1 is 1.06 bits per heavy atom. The van der Waals surface area contributed by atoms with Gasteiger partial charge >= 0.3 is 0 Å². The lowest BCUT2D eigenvalue weighted by atomic mass is 10.0. The van der Waals surface area contributed by atoms with Gasteiger partial charge in [-0.3, -0.25) is 9.48 Å². The molecule has 8 nitrogen and oxygen atoms in total. The molecule has 8 heteroatoms. The highest BCUT2D eigenvalue weighted by Gasteiger charge is 2.34. The van der Waals surface area contributed by atoms with Crippen LogP contribution in [0.2, 0.25) is 0 Å². The van der Waals surface area contributed by atoms with Gasteiger partial charge in [0, 0.05) is 43.2 Å². The van der Waals surface area contributed by atoms with Gasteiger partial charge in [-0.05, 0) is 43.9 Å². The summed E-state index contributed by atoms with van der Waals surface area (Å²) in [6.07, 6.45) is 7.83. The maximum atomic E-state index is 13.3. The topological polar surface area (TPSA) is 87.4 Å². The second-order valence-electron chi connectivity index (χ2n) is 8.37. The normalized spacial score (nSPS) is 18.5. The molecule has 1 atom stereocenters. The molecule has 0 saturated carbocycles. The molecular weight excluding hydrogens is 404 g/mol. The molecule has 2 saturated heterocycles. The van der Waals surface area contributed by atoms with E-state index in [0.717, 1.165) is 61.7 Å². The second kappa shape index (κ2) is 9.08. The van der Waals surface area contributed by atoms with Crippen molar-refractivity contribution < 1.29 is 9.90 Å². The molecule has 2 aliphatic heterocycles. The van der Waals surface area contributed by atoms with Crippen LogP contribution in [-0.2, 0) is 6.54 Å². The van der Waals surface area contributed by atoms with E-state index in [2.05, 4.69) is 9.88 Å². The number of benzene rings is 1. The number of amides is 1. The quantitative estimate of drug-likeness (QED) is 0.645. The number of hydrogen-bond acceptors (Lipinski definition) is 6. The smallest absolute Gasteiger partial charge is 0.254 e. The molecule has 0 aliphatic carbocycles. The zero-order valence-corrected chi connectivity index (χ0v) is 18.1. The summed E-state index contributed by atoms with van der Waals surface area (Å²) in [7, 11) is 0. The number of likely N-dealkylation sites (tertiary alicyclic amines) is 1. The van der Waals surface area contributed by atoms with Gasteiger partial charge in [0.25, 0.3) is 5.91 Å². The van der Waals surface area contributed by atoms with Crippen LogP contribution in [0.15, 0.2) is 48.8 Å². The third kappa shape index (κ3) is 3.98. The molecule has 1 N–H and O–H groups in total. The molecular formula is C24H28N6O2. The summed E-state index contributed by atoms with van der Waals surface area (Å²) >= 11 is 0. The third-order valence-corrected chi connectivity index (χ3v) is 6.28.